The number of halogens is 1. The number of nitrogens with zero attached hydrogens (tertiary/aromatic N) is 1. The topological polar surface area (TPSA) is 50.7 Å². The molecule has 0 atom stereocenters. The average Bonchev–Trinajstić information content (AvgIpc) is 2.50. The lowest BCUT2D eigenvalue weighted by Crippen LogP contribution is -2.17. The van der Waals surface area contributed by atoms with Crippen LogP contribution in [0.2, 0.25) is 5.02 Å². The molecule has 0 radical (unpaired) electrons. The maximum atomic E-state index is 11.8. The van der Waals surface area contributed by atoms with Crippen molar-refractivity contribution in [3.05, 3.63) is 64.7 Å². The van der Waals surface area contributed by atoms with Crippen molar-refractivity contribution in [1.29, 1.82) is 0 Å². The van der Waals surface area contributed by atoms with Crippen LogP contribution in [0.4, 0.5) is 0 Å². The van der Waals surface area contributed by atoms with Crippen LogP contribution in [0.15, 0.2) is 53.6 Å². The van der Waals surface area contributed by atoms with Crippen LogP contribution in [-0.4, -0.2) is 18.7 Å². The van der Waals surface area contributed by atoms with Crippen molar-refractivity contribution in [2.45, 2.75) is 6.92 Å². The number of ether oxygens (including phenoxy) is 1. The second-order valence-electron chi connectivity index (χ2n) is 4.21. The number of hydrazone groups is 1. The van der Waals surface area contributed by atoms with E-state index < -0.39 is 0 Å². The Morgan fingerprint density at radius 1 is 1.19 bits per heavy atom. The second kappa shape index (κ2) is 7.45. The molecule has 21 heavy (non-hydrogen) atoms. The lowest BCUT2D eigenvalue weighted by atomic mass is 10.2. The number of carbonyl (C=O) groups excluding carboxylic acids is 1. The summed E-state index contributed by atoms with van der Waals surface area (Å²) in [6.07, 6.45) is 1.57. The summed E-state index contributed by atoms with van der Waals surface area (Å²) in [5.41, 5.74) is 3.84. The summed E-state index contributed by atoms with van der Waals surface area (Å²) in [4.78, 5) is 11.8. The Labute approximate surface area is 128 Å². The lowest BCUT2D eigenvalue weighted by molar-refractivity contribution is 0.0955. The zero-order valence-electron chi connectivity index (χ0n) is 11.5. The molecule has 1 N–H and O–H groups in total. The van der Waals surface area contributed by atoms with E-state index in [2.05, 4.69) is 10.5 Å². The summed E-state index contributed by atoms with van der Waals surface area (Å²) in [5, 5.41) is 4.51. The van der Waals surface area contributed by atoms with Crippen LogP contribution in [-0.2, 0) is 0 Å². The molecule has 108 valence electrons. The smallest absolute Gasteiger partial charge is 0.271 e. The molecule has 0 bridgehead atoms. The van der Waals surface area contributed by atoms with E-state index in [1.807, 2.05) is 31.2 Å². The van der Waals surface area contributed by atoms with E-state index in [1.165, 1.54) is 0 Å². The number of benzene rings is 2. The number of nitrogens with one attached hydrogen (secondary N) is 1. The molecule has 0 aromatic heterocycles. The van der Waals surface area contributed by atoms with Crippen LogP contribution in [0, 0.1) is 0 Å². The van der Waals surface area contributed by atoms with Gasteiger partial charge in [0.2, 0.25) is 0 Å². The molecule has 2 aromatic rings. The molecule has 0 saturated carbocycles. The van der Waals surface area contributed by atoms with E-state index in [-0.39, 0.29) is 5.91 Å². The molecule has 2 rings (SSSR count). The van der Waals surface area contributed by atoms with Crippen molar-refractivity contribution in [1.82, 2.24) is 5.43 Å². The average molecular weight is 303 g/mol. The third-order valence-electron chi connectivity index (χ3n) is 2.68. The first-order valence-electron chi connectivity index (χ1n) is 6.51. The van der Waals surface area contributed by atoms with Crippen LogP contribution in [0.3, 0.4) is 0 Å². The molecular formula is C16H15ClN2O2. The Kier molecular flexibility index (Phi) is 5.35. The van der Waals surface area contributed by atoms with E-state index >= 15 is 0 Å². The van der Waals surface area contributed by atoms with Crippen molar-refractivity contribution in [3.8, 4) is 5.75 Å². The van der Waals surface area contributed by atoms with Gasteiger partial charge in [0, 0.05) is 10.6 Å². The van der Waals surface area contributed by atoms with Crippen molar-refractivity contribution in [3.63, 3.8) is 0 Å². The van der Waals surface area contributed by atoms with Gasteiger partial charge in [-0.05, 0) is 61.0 Å². The first-order chi connectivity index (χ1) is 10.2. The molecule has 1 amide bonds. The quantitative estimate of drug-likeness (QED) is 0.679. The van der Waals surface area contributed by atoms with Gasteiger partial charge in [0.1, 0.15) is 5.75 Å². The zero-order valence-corrected chi connectivity index (χ0v) is 12.3. The van der Waals surface area contributed by atoms with Crippen molar-refractivity contribution >= 4 is 23.7 Å². The van der Waals surface area contributed by atoms with Gasteiger partial charge in [-0.25, -0.2) is 5.43 Å². The van der Waals surface area contributed by atoms with Gasteiger partial charge in [-0.3, -0.25) is 4.79 Å². The van der Waals surface area contributed by atoms with E-state index in [0.29, 0.717) is 17.2 Å². The summed E-state index contributed by atoms with van der Waals surface area (Å²) < 4.78 is 5.35. The Morgan fingerprint density at radius 3 is 2.48 bits per heavy atom. The highest BCUT2D eigenvalue weighted by Crippen LogP contribution is 2.11. The molecule has 5 heteroatoms. The molecule has 2 aromatic carbocycles. The third kappa shape index (κ3) is 4.61. The molecule has 0 aliphatic rings. The van der Waals surface area contributed by atoms with Crippen LogP contribution < -0.4 is 10.2 Å². The van der Waals surface area contributed by atoms with Crippen molar-refractivity contribution in [2.24, 2.45) is 5.10 Å². The Morgan fingerprint density at radius 2 is 1.86 bits per heavy atom. The molecule has 0 heterocycles. The Bertz CT molecular complexity index is 622. The summed E-state index contributed by atoms with van der Waals surface area (Å²) >= 11 is 5.76. The number of hydrogen-bond donors (Lipinski definition) is 1. The first-order valence-corrected chi connectivity index (χ1v) is 6.88. The van der Waals surface area contributed by atoms with Crippen molar-refractivity contribution < 1.29 is 9.53 Å². The maximum absolute atomic E-state index is 11.8. The van der Waals surface area contributed by atoms with Gasteiger partial charge < -0.3 is 4.74 Å². The highest BCUT2D eigenvalue weighted by atomic mass is 35.5. The Hall–Kier alpha value is -2.33. The minimum absolute atomic E-state index is 0.283. The normalized spacial score (nSPS) is 10.6. The molecule has 0 saturated heterocycles. The predicted octanol–water partition coefficient (Wildman–Crippen LogP) is 3.50. The fourth-order valence-corrected chi connectivity index (χ4v) is 1.77. The highest BCUT2D eigenvalue weighted by molar-refractivity contribution is 6.30. The van der Waals surface area contributed by atoms with Gasteiger partial charge in [-0.2, -0.15) is 5.10 Å². The summed E-state index contributed by atoms with van der Waals surface area (Å²) in [6, 6.07) is 14.0. The fourth-order valence-electron chi connectivity index (χ4n) is 1.65. The van der Waals surface area contributed by atoms with Gasteiger partial charge in [0.05, 0.1) is 12.8 Å². The van der Waals surface area contributed by atoms with Crippen LogP contribution in [0.25, 0.3) is 0 Å². The second-order valence-corrected chi connectivity index (χ2v) is 4.64. The monoisotopic (exact) mass is 302 g/mol. The van der Waals surface area contributed by atoms with Gasteiger partial charge in [0.25, 0.3) is 5.91 Å². The third-order valence-corrected chi connectivity index (χ3v) is 2.93. The van der Waals surface area contributed by atoms with Gasteiger partial charge in [-0.15, -0.1) is 0 Å². The zero-order chi connectivity index (χ0) is 15.1. The summed E-state index contributed by atoms with van der Waals surface area (Å²) in [5.74, 6) is 0.522. The summed E-state index contributed by atoms with van der Waals surface area (Å²) in [7, 11) is 0. The molecule has 0 spiro atoms. The van der Waals surface area contributed by atoms with E-state index in [0.717, 1.165) is 11.3 Å². The van der Waals surface area contributed by atoms with Crippen LogP contribution in [0.5, 0.6) is 5.75 Å². The highest BCUT2D eigenvalue weighted by Gasteiger charge is 2.02. The standard InChI is InChI=1S/C16H15ClN2O2/c1-2-21-15-9-3-12(4-10-15)11-18-19-16(20)13-5-7-14(17)8-6-13/h3-11H,2H2,1H3,(H,19,20)/b18-11-. The van der Waals surface area contributed by atoms with Crippen LogP contribution >= 0.6 is 11.6 Å². The molecule has 0 fully saturated rings. The molecule has 4 nitrogen and oxygen atoms in total. The summed E-state index contributed by atoms with van der Waals surface area (Å²) in [6.45, 7) is 2.56. The van der Waals surface area contributed by atoms with Gasteiger partial charge in [0.15, 0.2) is 0 Å². The fraction of sp³-hybridized carbons (Fsp3) is 0.125. The lowest BCUT2D eigenvalue weighted by Gasteiger charge is -2.02. The number of amides is 1. The first kappa shape index (κ1) is 15.1. The minimum atomic E-state index is -0.283. The number of rotatable bonds is 5. The Balaban J connectivity index is 1.92. The van der Waals surface area contributed by atoms with E-state index in [4.69, 9.17) is 16.3 Å². The SMILES string of the molecule is CCOc1ccc(/C=N\NC(=O)c2ccc(Cl)cc2)cc1. The number of carbonyl (C=O) groups is 1. The van der Waals surface area contributed by atoms with E-state index in [1.54, 1.807) is 30.5 Å². The van der Waals surface area contributed by atoms with E-state index in [9.17, 15) is 4.79 Å². The molecule has 0 unspecified atom stereocenters. The van der Waals surface area contributed by atoms with Crippen molar-refractivity contribution in [2.75, 3.05) is 6.61 Å². The van der Waals surface area contributed by atoms with Gasteiger partial charge in [-0.1, -0.05) is 11.6 Å². The van der Waals surface area contributed by atoms with Gasteiger partial charge >= 0.3 is 0 Å². The molecule has 0 aliphatic heterocycles. The maximum Gasteiger partial charge on any atom is 0.271 e. The minimum Gasteiger partial charge on any atom is -0.494 e. The molecule has 0 aliphatic carbocycles. The predicted molar refractivity (Wildman–Crippen MR) is 84.1 cm³/mol. The number of hydrogen-bond acceptors (Lipinski definition) is 3. The largest absolute Gasteiger partial charge is 0.494 e. The van der Waals surface area contributed by atoms with Crippen LogP contribution in [0.1, 0.15) is 22.8 Å². The molecular weight excluding hydrogens is 288 g/mol.